The van der Waals surface area contributed by atoms with Crippen LogP contribution in [0.15, 0.2) is 53.2 Å². The van der Waals surface area contributed by atoms with Crippen molar-refractivity contribution >= 4 is 11.6 Å². The average molecular weight is 343 g/mol. The summed E-state index contributed by atoms with van der Waals surface area (Å²) in [5.74, 6) is 1.51. The van der Waals surface area contributed by atoms with E-state index in [0.717, 1.165) is 11.3 Å². The second-order valence-corrected chi connectivity index (χ2v) is 6.26. The molecule has 0 bridgehead atoms. The van der Waals surface area contributed by atoms with Crippen LogP contribution in [-0.2, 0) is 6.54 Å². The van der Waals surface area contributed by atoms with E-state index in [1.807, 2.05) is 56.3 Å². The van der Waals surface area contributed by atoms with Crippen LogP contribution in [0.3, 0.4) is 0 Å². The first-order valence-electron chi connectivity index (χ1n) is 7.85. The molecule has 0 amide bonds. The molecule has 3 rings (SSSR count). The highest BCUT2D eigenvalue weighted by atomic mass is 35.5. The molecule has 6 heteroatoms. The van der Waals surface area contributed by atoms with Gasteiger partial charge in [-0.3, -0.25) is 10.3 Å². The Kier molecular flexibility index (Phi) is 5.23. The van der Waals surface area contributed by atoms with Crippen LogP contribution in [0, 0.1) is 0 Å². The first-order chi connectivity index (χ1) is 11.6. The summed E-state index contributed by atoms with van der Waals surface area (Å²) in [7, 11) is 0. The highest BCUT2D eigenvalue weighted by Crippen LogP contribution is 2.23. The summed E-state index contributed by atoms with van der Waals surface area (Å²) in [4.78, 5) is 8.86. The standard InChI is InChI=1S/C18H19ClN4O/c1-12(2)18-22-16(24-23-18)11-21-17(15-8-3-4-9-20-15)13-6-5-7-14(19)10-13/h3-10,12,17,21H,11H2,1-2H3/t17-/m0/s1. The molecule has 124 valence electrons. The van der Waals surface area contributed by atoms with Crippen molar-refractivity contribution in [2.24, 2.45) is 0 Å². The van der Waals surface area contributed by atoms with Gasteiger partial charge < -0.3 is 4.52 Å². The average Bonchev–Trinajstić information content (AvgIpc) is 3.05. The van der Waals surface area contributed by atoms with Crippen molar-refractivity contribution in [2.75, 3.05) is 0 Å². The van der Waals surface area contributed by atoms with Crippen molar-refractivity contribution in [3.63, 3.8) is 0 Å². The van der Waals surface area contributed by atoms with Crippen molar-refractivity contribution in [2.45, 2.75) is 32.4 Å². The fourth-order valence-electron chi connectivity index (χ4n) is 2.39. The summed E-state index contributed by atoms with van der Waals surface area (Å²) in [6.45, 7) is 4.52. The quantitative estimate of drug-likeness (QED) is 0.730. The number of nitrogens with one attached hydrogen (secondary N) is 1. The molecular weight excluding hydrogens is 324 g/mol. The predicted octanol–water partition coefficient (Wildman–Crippen LogP) is 4.12. The van der Waals surface area contributed by atoms with E-state index in [2.05, 4.69) is 20.4 Å². The zero-order valence-corrected chi connectivity index (χ0v) is 14.4. The summed E-state index contributed by atoms with van der Waals surface area (Å²) >= 11 is 6.14. The molecule has 0 radical (unpaired) electrons. The largest absolute Gasteiger partial charge is 0.338 e. The molecule has 0 spiro atoms. The Hall–Kier alpha value is -2.24. The van der Waals surface area contributed by atoms with Crippen LogP contribution in [0.1, 0.15) is 48.8 Å². The van der Waals surface area contributed by atoms with Gasteiger partial charge in [0.2, 0.25) is 5.89 Å². The molecule has 2 aromatic heterocycles. The van der Waals surface area contributed by atoms with Gasteiger partial charge >= 0.3 is 0 Å². The third-order valence-electron chi connectivity index (χ3n) is 3.62. The lowest BCUT2D eigenvalue weighted by Gasteiger charge is -2.18. The maximum atomic E-state index is 6.14. The Balaban J connectivity index is 1.82. The van der Waals surface area contributed by atoms with Gasteiger partial charge in [0.15, 0.2) is 5.82 Å². The van der Waals surface area contributed by atoms with Gasteiger partial charge in [0, 0.05) is 17.1 Å². The van der Waals surface area contributed by atoms with Crippen molar-refractivity contribution in [1.29, 1.82) is 0 Å². The second-order valence-electron chi connectivity index (χ2n) is 5.82. The molecule has 1 atom stereocenters. The molecule has 0 saturated heterocycles. The van der Waals surface area contributed by atoms with Gasteiger partial charge in [0.1, 0.15) is 0 Å². The van der Waals surface area contributed by atoms with Gasteiger partial charge in [0.05, 0.1) is 18.3 Å². The van der Waals surface area contributed by atoms with Crippen LogP contribution < -0.4 is 5.32 Å². The number of hydrogen-bond donors (Lipinski definition) is 1. The van der Waals surface area contributed by atoms with E-state index in [1.54, 1.807) is 6.20 Å². The number of rotatable bonds is 6. The first kappa shape index (κ1) is 16.6. The molecule has 0 unspecified atom stereocenters. The number of benzene rings is 1. The SMILES string of the molecule is CC(C)c1noc(CN[C@@H](c2cccc(Cl)c2)c2ccccn2)n1. The summed E-state index contributed by atoms with van der Waals surface area (Å²) in [5.41, 5.74) is 1.94. The van der Waals surface area contributed by atoms with Crippen LogP contribution in [0.5, 0.6) is 0 Å². The van der Waals surface area contributed by atoms with Gasteiger partial charge in [0.25, 0.3) is 0 Å². The molecule has 24 heavy (non-hydrogen) atoms. The molecule has 0 fully saturated rings. The Morgan fingerprint density at radius 2 is 2.04 bits per heavy atom. The lowest BCUT2D eigenvalue weighted by atomic mass is 10.0. The van der Waals surface area contributed by atoms with E-state index in [9.17, 15) is 0 Å². The zero-order chi connectivity index (χ0) is 16.9. The fraction of sp³-hybridized carbons (Fsp3) is 0.278. The lowest BCUT2D eigenvalue weighted by molar-refractivity contribution is 0.356. The number of halogens is 1. The van der Waals surface area contributed by atoms with Crippen molar-refractivity contribution in [3.8, 4) is 0 Å². The predicted molar refractivity (Wildman–Crippen MR) is 92.8 cm³/mol. The van der Waals surface area contributed by atoms with E-state index in [0.29, 0.717) is 23.3 Å². The Bertz CT molecular complexity index is 788. The van der Waals surface area contributed by atoms with Crippen LogP contribution >= 0.6 is 11.6 Å². The zero-order valence-electron chi connectivity index (χ0n) is 13.6. The molecule has 1 N–H and O–H groups in total. The Morgan fingerprint density at radius 3 is 2.71 bits per heavy atom. The third-order valence-corrected chi connectivity index (χ3v) is 3.86. The van der Waals surface area contributed by atoms with Crippen LogP contribution in [0.2, 0.25) is 5.02 Å². The summed E-state index contributed by atoms with van der Waals surface area (Å²) in [6.07, 6.45) is 1.78. The number of nitrogens with zero attached hydrogens (tertiary/aromatic N) is 3. The molecule has 2 heterocycles. The summed E-state index contributed by atoms with van der Waals surface area (Å²) < 4.78 is 5.30. The van der Waals surface area contributed by atoms with Gasteiger partial charge in [-0.25, -0.2) is 0 Å². The van der Waals surface area contributed by atoms with Crippen molar-refractivity contribution in [1.82, 2.24) is 20.4 Å². The van der Waals surface area contributed by atoms with Crippen molar-refractivity contribution in [3.05, 3.63) is 76.7 Å². The van der Waals surface area contributed by atoms with Gasteiger partial charge in [-0.1, -0.05) is 48.8 Å². The van der Waals surface area contributed by atoms with Crippen LogP contribution in [0.25, 0.3) is 0 Å². The number of aromatic nitrogens is 3. The molecule has 0 aliphatic heterocycles. The Labute approximate surface area is 146 Å². The van der Waals surface area contributed by atoms with Gasteiger partial charge in [-0.15, -0.1) is 0 Å². The molecule has 0 aliphatic rings. The van der Waals surface area contributed by atoms with Crippen LogP contribution in [-0.4, -0.2) is 15.1 Å². The van der Waals surface area contributed by atoms with E-state index in [4.69, 9.17) is 16.1 Å². The number of hydrogen-bond acceptors (Lipinski definition) is 5. The second kappa shape index (κ2) is 7.55. The Morgan fingerprint density at radius 1 is 1.17 bits per heavy atom. The first-order valence-corrected chi connectivity index (χ1v) is 8.23. The van der Waals surface area contributed by atoms with E-state index in [1.165, 1.54) is 0 Å². The fourth-order valence-corrected chi connectivity index (χ4v) is 2.59. The maximum absolute atomic E-state index is 6.14. The monoisotopic (exact) mass is 342 g/mol. The highest BCUT2D eigenvalue weighted by molar-refractivity contribution is 6.30. The van der Waals surface area contributed by atoms with Crippen molar-refractivity contribution < 1.29 is 4.52 Å². The highest BCUT2D eigenvalue weighted by Gasteiger charge is 2.17. The molecule has 1 aromatic carbocycles. The van der Waals surface area contributed by atoms with Gasteiger partial charge in [-0.2, -0.15) is 4.98 Å². The summed E-state index contributed by atoms with van der Waals surface area (Å²) in [6, 6.07) is 13.5. The lowest BCUT2D eigenvalue weighted by Crippen LogP contribution is -2.23. The smallest absolute Gasteiger partial charge is 0.240 e. The minimum atomic E-state index is -0.112. The molecule has 0 saturated carbocycles. The minimum absolute atomic E-state index is 0.112. The summed E-state index contributed by atoms with van der Waals surface area (Å²) in [5, 5.41) is 8.11. The molecule has 0 aliphatic carbocycles. The topological polar surface area (TPSA) is 63.8 Å². The van der Waals surface area contributed by atoms with Gasteiger partial charge in [-0.05, 0) is 29.8 Å². The normalized spacial score (nSPS) is 12.5. The molecular formula is C18H19ClN4O. The van der Waals surface area contributed by atoms with Crippen LogP contribution in [0.4, 0.5) is 0 Å². The van der Waals surface area contributed by atoms with E-state index in [-0.39, 0.29) is 12.0 Å². The third kappa shape index (κ3) is 3.99. The van der Waals surface area contributed by atoms with E-state index >= 15 is 0 Å². The van der Waals surface area contributed by atoms with E-state index < -0.39 is 0 Å². The molecule has 5 nitrogen and oxygen atoms in total. The number of pyridine rings is 1. The minimum Gasteiger partial charge on any atom is -0.338 e. The maximum Gasteiger partial charge on any atom is 0.240 e. The molecule has 3 aromatic rings.